The van der Waals surface area contributed by atoms with Crippen LogP contribution in [0.25, 0.3) is 0 Å². The van der Waals surface area contributed by atoms with Crippen molar-refractivity contribution in [2.75, 3.05) is 0 Å². The quantitative estimate of drug-likeness (QED) is 0.541. The maximum atomic E-state index is 12.0. The van der Waals surface area contributed by atoms with Crippen LogP contribution < -0.4 is 0 Å². The fraction of sp³-hybridized carbons (Fsp3) is 0.600. The Morgan fingerprint density at radius 3 is 0.923 bits per heavy atom. The first-order chi connectivity index (χ1) is 5.57. The lowest BCUT2D eigenvalue weighted by atomic mass is 10.2. The van der Waals surface area contributed by atoms with Crippen molar-refractivity contribution in [2.45, 2.75) is 17.8 Å². The van der Waals surface area contributed by atoms with E-state index >= 15 is 0 Å². The van der Waals surface area contributed by atoms with Gasteiger partial charge >= 0.3 is 17.8 Å². The van der Waals surface area contributed by atoms with Crippen LogP contribution in [-0.4, -0.2) is 17.8 Å². The van der Waals surface area contributed by atoms with Gasteiger partial charge in [0.2, 0.25) is 11.7 Å². The van der Waals surface area contributed by atoms with E-state index in [4.69, 9.17) is 0 Å². The molecule has 1 aliphatic carbocycles. The second-order valence-corrected chi connectivity index (χ2v) is 2.35. The Hall–Kier alpha value is -0.820. The Balaban J connectivity index is 3.39. The summed E-state index contributed by atoms with van der Waals surface area (Å²) in [6, 6.07) is 0. The first kappa shape index (κ1) is 10.3. The van der Waals surface area contributed by atoms with E-state index in [0.29, 0.717) is 0 Å². The Kier molecular flexibility index (Phi) is 1.70. The van der Waals surface area contributed by atoms with Gasteiger partial charge in [-0.05, 0) is 0 Å². The predicted molar refractivity (Wildman–Crippen MR) is 24.1 cm³/mol. The van der Waals surface area contributed by atoms with E-state index in [-0.39, 0.29) is 0 Å². The second kappa shape index (κ2) is 2.16. The third-order valence-electron chi connectivity index (χ3n) is 1.53. The van der Waals surface area contributed by atoms with Crippen molar-refractivity contribution in [3.05, 3.63) is 11.7 Å². The summed E-state index contributed by atoms with van der Waals surface area (Å²) in [4.78, 5) is 0. The van der Waals surface area contributed by atoms with Crippen LogP contribution in [-0.2, 0) is 0 Å². The molecule has 0 amide bonds. The predicted octanol–water partition coefficient (Wildman–Crippen LogP) is 3.06. The first-order valence-electron chi connectivity index (χ1n) is 2.76. The molecule has 0 aromatic heterocycles. The van der Waals surface area contributed by atoms with Crippen molar-refractivity contribution in [3.63, 3.8) is 0 Å². The lowest BCUT2D eigenvalue weighted by Crippen LogP contribution is -2.48. The number of hydrogen-bond acceptors (Lipinski definition) is 0. The van der Waals surface area contributed by atoms with E-state index in [1.54, 1.807) is 0 Å². The fourth-order valence-corrected chi connectivity index (χ4v) is 0.749. The number of alkyl halides is 6. The molecule has 0 heterocycles. The van der Waals surface area contributed by atoms with Gasteiger partial charge in [0.1, 0.15) is 0 Å². The molecule has 0 radical (unpaired) electrons. The zero-order chi connectivity index (χ0) is 10.7. The SMILES string of the molecule is FC1=C(F)C(F)(F)C(F)(F)C1(F)F. The minimum Gasteiger partial charge on any atom is -0.202 e. The summed E-state index contributed by atoms with van der Waals surface area (Å²) < 4.78 is 95.6. The average molecular weight is 212 g/mol. The number of hydrogen-bond donors (Lipinski definition) is 0. The molecule has 0 saturated carbocycles. The highest BCUT2D eigenvalue weighted by atomic mass is 19.4. The molecule has 0 aromatic carbocycles. The molecule has 0 N–H and O–H groups in total. The summed E-state index contributed by atoms with van der Waals surface area (Å²) in [6.45, 7) is 0. The molecule has 1 aliphatic rings. The minimum absolute atomic E-state index is 3.41. The van der Waals surface area contributed by atoms with E-state index in [2.05, 4.69) is 0 Å². The van der Waals surface area contributed by atoms with Gasteiger partial charge in [-0.1, -0.05) is 0 Å². The Labute approximate surface area is 65.8 Å². The topological polar surface area (TPSA) is 0 Å². The highest BCUT2D eigenvalue weighted by Crippen LogP contribution is 2.59. The molecular weight excluding hydrogens is 212 g/mol. The fourth-order valence-electron chi connectivity index (χ4n) is 0.749. The van der Waals surface area contributed by atoms with Gasteiger partial charge < -0.3 is 0 Å². The van der Waals surface area contributed by atoms with Gasteiger partial charge in [-0.2, -0.15) is 26.3 Å². The highest BCUT2D eigenvalue weighted by molar-refractivity contribution is 5.32. The van der Waals surface area contributed by atoms with E-state index in [0.717, 1.165) is 0 Å². The van der Waals surface area contributed by atoms with Gasteiger partial charge in [0, 0.05) is 0 Å². The van der Waals surface area contributed by atoms with Gasteiger partial charge in [0.05, 0.1) is 0 Å². The van der Waals surface area contributed by atoms with Crippen molar-refractivity contribution in [2.24, 2.45) is 0 Å². The molecule has 0 aliphatic heterocycles. The van der Waals surface area contributed by atoms with Crippen LogP contribution >= 0.6 is 0 Å². The van der Waals surface area contributed by atoms with Gasteiger partial charge in [-0.3, -0.25) is 0 Å². The molecule has 1 rings (SSSR count). The number of rotatable bonds is 0. The standard InChI is InChI=1S/C5F8/c6-1-2(7)4(10,11)5(12,13)3(1,8)9. The molecule has 0 saturated heterocycles. The molecular formula is C5F8. The molecule has 0 spiro atoms. The summed E-state index contributed by atoms with van der Waals surface area (Å²) in [6.07, 6.45) is 0. The summed E-state index contributed by atoms with van der Waals surface area (Å²) in [5.74, 6) is -24.5. The molecule has 0 bridgehead atoms. The molecule has 8 heteroatoms. The smallest absolute Gasteiger partial charge is 0.202 e. The molecule has 0 aromatic rings. The monoisotopic (exact) mass is 212 g/mol. The van der Waals surface area contributed by atoms with Crippen LogP contribution in [0.1, 0.15) is 0 Å². The third kappa shape index (κ3) is 0.856. The van der Waals surface area contributed by atoms with Crippen molar-refractivity contribution in [1.29, 1.82) is 0 Å². The van der Waals surface area contributed by atoms with Gasteiger partial charge in [-0.25, -0.2) is 8.78 Å². The maximum Gasteiger partial charge on any atom is 0.385 e. The first-order valence-corrected chi connectivity index (χ1v) is 2.76. The summed E-state index contributed by atoms with van der Waals surface area (Å²) in [5, 5.41) is 0. The normalized spacial score (nSPS) is 29.5. The molecule has 0 fully saturated rings. The number of halogens is 8. The maximum absolute atomic E-state index is 12.0. The van der Waals surface area contributed by atoms with Crippen LogP contribution in [0.15, 0.2) is 11.7 Å². The van der Waals surface area contributed by atoms with Crippen LogP contribution in [0.5, 0.6) is 0 Å². The Morgan fingerprint density at radius 2 is 0.846 bits per heavy atom. The third-order valence-corrected chi connectivity index (χ3v) is 1.53. The average Bonchev–Trinajstić information content (AvgIpc) is 2.05. The van der Waals surface area contributed by atoms with E-state index in [1.807, 2.05) is 0 Å². The summed E-state index contributed by atoms with van der Waals surface area (Å²) in [7, 11) is 0. The zero-order valence-corrected chi connectivity index (χ0v) is 5.52. The molecule has 0 nitrogen and oxygen atoms in total. The van der Waals surface area contributed by atoms with Crippen molar-refractivity contribution in [1.82, 2.24) is 0 Å². The molecule has 13 heavy (non-hydrogen) atoms. The Morgan fingerprint density at radius 1 is 0.615 bits per heavy atom. The highest BCUT2D eigenvalue weighted by Gasteiger charge is 2.82. The lowest BCUT2D eigenvalue weighted by molar-refractivity contribution is -0.271. The van der Waals surface area contributed by atoms with Gasteiger partial charge in [0.25, 0.3) is 0 Å². The van der Waals surface area contributed by atoms with Crippen molar-refractivity contribution < 1.29 is 35.1 Å². The molecule has 76 valence electrons. The van der Waals surface area contributed by atoms with Crippen LogP contribution in [0.2, 0.25) is 0 Å². The van der Waals surface area contributed by atoms with E-state index in [9.17, 15) is 35.1 Å². The van der Waals surface area contributed by atoms with E-state index in [1.165, 1.54) is 0 Å². The summed E-state index contributed by atoms with van der Waals surface area (Å²) in [5.41, 5.74) is 0. The molecule has 0 atom stereocenters. The van der Waals surface area contributed by atoms with Crippen molar-refractivity contribution in [3.8, 4) is 0 Å². The lowest BCUT2D eigenvalue weighted by Gasteiger charge is -2.22. The largest absolute Gasteiger partial charge is 0.385 e. The van der Waals surface area contributed by atoms with Gasteiger partial charge in [0.15, 0.2) is 0 Å². The minimum atomic E-state index is -6.06. The van der Waals surface area contributed by atoms with Crippen LogP contribution in [0.4, 0.5) is 35.1 Å². The molecule has 0 unspecified atom stereocenters. The second-order valence-electron chi connectivity index (χ2n) is 2.35. The van der Waals surface area contributed by atoms with Gasteiger partial charge in [-0.15, -0.1) is 0 Å². The number of allylic oxidation sites excluding steroid dienone is 2. The Bertz CT molecular complexity index is 248. The van der Waals surface area contributed by atoms with Crippen molar-refractivity contribution >= 4 is 0 Å². The van der Waals surface area contributed by atoms with Crippen LogP contribution in [0.3, 0.4) is 0 Å². The zero-order valence-electron chi connectivity index (χ0n) is 5.52. The van der Waals surface area contributed by atoms with E-state index < -0.39 is 29.4 Å². The van der Waals surface area contributed by atoms with Crippen LogP contribution in [0, 0.1) is 0 Å². The summed E-state index contributed by atoms with van der Waals surface area (Å²) >= 11 is 0.